The summed E-state index contributed by atoms with van der Waals surface area (Å²) in [5.41, 5.74) is 26.7. The van der Waals surface area contributed by atoms with E-state index >= 15 is 0 Å². The van der Waals surface area contributed by atoms with E-state index in [1.54, 1.807) is 0 Å². The van der Waals surface area contributed by atoms with Crippen LogP contribution >= 0.6 is 0 Å². The van der Waals surface area contributed by atoms with Gasteiger partial charge in [-0.25, -0.2) is 4.79 Å². The van der Waals surface area contributed by atoms with Crippen LogP contribution in [-0.2, 0) is 28.8 Å². The first-order valence-corrected chi connectivity index (χ1v) is 11.3. The molecule has 0 radical (unpaired) electrons. The van der Waals surface area contributed by atoms with Crippen molar-refractivity contribution in [3.8, 4) is 0 Å². The molecule has 5 amide bonds. The first-order chi connectivity index (χ1) is 16.4. The molecule has 0 rings (SSSR count). The zero-order valence-corrected chi connectivity index (χ0v) is 19.7. The molecule has 0 aromatic rings. The molecule has 0 bridgehead atoms. The molecule has 200 valence electrons. The number of carbonyl (C=O) groups is 6. The lowest BCUT2D eigenvalue weighted by molar-refractivity contribution is -0.142. The second-order valence-electron chi connectivity index (χ2n) is 8.04. The summed E-state index contributed by atoms with van der Waals surface area (Å²) in [6.07, 6.45) is 1.07. The van der Waals surface area contributed by atoms with Gasteiger partial charge in [0.2, 0.25) is 29.5 Å². The van der Waals surface area contributed by atoms with Crippen molar-refractivity contribution in [3.05, 3.63) is 0 Å². The Kier molecular flexibility index (Phi) is 15.6. The monoisotopic (exact) mass is 502 g/mol. The Labute approximate surface area is 203 Å². The molecule has 0 aliphatic carbocycles. The number of aliphatic carboxylic acids is 1. The number of primary amides is 2. The van der Waals surface area contributed by atoms with Gasteiger partial charge in [-0.05, 0) is 51.6 Å². The van der Waals surface area contributed by atoms with Crippen molar-refractivity contribution < 1.29 is 33.9 Å². The number of rotatable bonds is 19. The lowest BCUT2D eigenvalue weighted by Gasteiger charge is -2.24. The summed E-state index contributed by atoms with van der Waals surface area (Å²) in [6, 6.07) is -5.25. The summed E-state index contributed by atoms with van der Waals surface area (Å²) in [4.78, 5) is 71.9. The molecule has 15 nitrogen and oxygen atoms in total. The van der Waals surface area contributed by atoms with Crippen LogP contribution in [0.15, 0.2) is 0 Å². The number of unbranched alkanes of at least 4 members (excludes halogenated alkanes) is 2. The fraction of sp³-hybridized carbons (Fsp3) is 0.700. The lowest BCUT2D eigenvalue weighted by atomic mass is 10.0. The highest BCUT2D eigenvalue weighted by molar-refractivity contribution is 5.96. The van der Waals surface area contributed by atoms with Gasteiger partial charge in [-0.2, -0.15) is 0 Å². The highest BCUT2D eigenvalue weighted by Crippen LogP contribution is 2.06. The van der Waals surface area contributed by atoms with E-state index in [0.717, 1.165) is 0 Å². The highest BCUT2D eigenvalue weighted by Gasteiger charge is 2.31. The van der Waals surface area contributed by atoms with E-state index in [9.17, 15) is 33.9 Å². The predicted molar refractivity (Wildman–Crippen MR) is 125 cm³/mol. The van der Waals surface area contributed by atoms with E-state index in [2.05, 4.69) is 16.0 Å². The Hall–Kier alpha value is -3.30. The van der Waals surface area contributed by atoms with Crippen molar-refractivity contribution in [2.45, 2.75) is 75.5 Å². The fourth-order valence-electron chi connectivity index (χ4n) is 3.06. The molecule has 14 N–H and O–H groups in total. The van der Waals surface area contributed by atoms with Crippen LogP contribution in [0.4, 0.5) is 0 Å². The van der Waals surface area contributed by atoms with Gasteiger partial charge in [-0.3, -0.25) is 24.0 Å². The number of nitrogens with two attached hydrogens (primary N) is 5. The second-order valence-corrected chi connectivity index (χ2v) is 8.04. The molecule has 15 heteroatoms. The van der Waals surface area contributed by atoms with Crippen LogP contribution in [0.3, 0.4) is 0 Å². The van der Waals surface area contributed by atoms with Crippen molar-refractivity contribution in [3.63, 3.8) is 0 Å². The molecule has 0 fully saturated rings. The van der Waals surface area contributed by atoms with Crippen molar-refractivity contribution in [2.75, 3.05) is 13.1 Å². The Balaban J connectivity index is 5.49. The van der Waals surface area contributed by atoms with Crippen molar-refractivity contribution in [1.82, 2.24) is 16.0 Å². The minimum atomic E-state index is -1.50. The molecule has 4 unspecified atom stereocenters. The number of carboxylic acids is 1. The van der Waals surface area contributed by atoms with Crippen LogP contribution in [0, 0.1) is 0 Å². The van der Waals surface area contributed by atoms with Gasteiger partial charge in [-0.1, -0.05) is 0 Å². The number of hydrogen-bond donors (Lipinski definition) is 9. The average molecular weight is 503 g/mol. The van der Waals surface area contributed by atoms with Crippen LogP contribution in [0.5, 0.6) is 0 Å². The van der Waals surface area contributed by atoms with Gasteiger partial charge < -0.3 is 49.7 Å². The number of hydrogen-bond acceptors (Lipinski definition) is 9. The minimum Gasteiger partial charge on any atom is -0.480 e. The molecule has 0 spiro atoms. The molecule has 35 heavy (non-hydrogen) atoms. The van der Waals surface area contributed by atoms with E-state index in [4.69, 9.17) is 28.7 Å². The lowest BCUT2D eigenvalue weighted by Crippen LogP contribution is -2.58. The SMILES string of the molecule is NCCCCC(NC(=O)C(CC(N)=O)NC(=O)C(CCCCN)NC(=O)C(N)CC(N)=O)C(=O)O. The molecule has 0 aliphatic heterocycles. The molecule has 0 aromatic heterocycles. The summed E-state index contributed by atoms with van der Waals surface area (Å²) in [7, 11) is 0. The summed E-state index contributed by atoms with van der Waals surface area (Å²) >= 11 is 0. The molecule has 4 atom stereocenters. The van der Waals surface area contributed by atoms with Crippen molar-refractivity contribution in [1.29, 1.82) is 0 Å². The van der Waals surface area contributed by atoms with Crippen molar-refractivity contribution in [2.24, 2.45) is 28.7 Å². The topological polar surface area (TPSA) is 289 Å². The van der Waals surface area contributed by atoms with E-state index in [1.165, 1.54) is 0 Å². The third-order valence-electron chi connectivity index (χ3n) is 4.94. The zero-order valence-electron chi connectivity index (χ0n) is 19.7. The quantitative estimate of drug-likeness (QED) is 0.0768. The maximum atomic E-state index is 12.9. The second kappa shape index (κ2) is 17.2. The van der Waals surface area contributed by atoms with Gasteiger partial charge in [0, 0.05) is 0 Å². The van der Waals surface area contributed by atoms with Gasteiger partial charge in [-0.15, -0.1) is 0 Å². The summed E-state index contributed by atoms with van der Waals surface area (Å²) < 4.78 is 0. The predicted octanol–water partition coefficient (Wildman–Crippen LogP) is -4.14. The van der Waals surface area contributed by atoms with Gasteiger partial charge in [0.25, 0.3) is 0 Å². The fourth-order valence-corrected chi connectivity index (χ4v) is 3.06. The summed E-state index contributed by atoms with van der Waals surface area (Å²) in [5, 5.41) is 16.4. The third-order valence-corrected chi connectivity index (χ3v) is 4.94. The number of carbonyl (C=O) groups excluding carboxylic acids is 5. The van der Waals surface area contributed by atoms with Gasteiger partial charge in [0.1, 0.15) is 18.1 Å². The summed E-state index contributed by atoms with van der Waals surface area (Å²) in [6.45, 7) is 0.678. The highest BCUT2D eigenvalue weighted by atomic mass is 16.4. The summed E-state index contributed by atoms with van der Waals surface area (Å²) in [5.74, 6) is -5.62. The van der Waals surface area contributed by atoms with E-state index in [-0.39, 0.29) is 12.8 Å². The van der Waals surface area contributed by atoms with E-state index in [1.807, 2.05) is 0 Å². The maximum Gasteiger partial charge on any atom is 0.326 e. The Bertz CT molecular complexity index is 749. The first-order valence-electron chi connectivity index (χ1n) is 11.3. The Morgan fingerprint density at radius 3 is 1.51 bits per heavy atom. The molecule has 0 saturated carbocycles. The first kappa shape index (κ1) is 31.7. The molecule has 0 saturated heterocycles. The standard InChI is InChI=1S/C20H38N8O7/c21-7-3-1-5-12(26-17(31)11(23)9-15(24)29)18(32)28-14(10-16(25)30)19(33)27-13(20(34)35)6-2-4-8-22/h11-14H,1-10,21-23H2,(H2,24,29)(H2,25,30)(H,26,31)(H,27,33)(H,28,32)(H,34,35). The Morgan fingerprint density at radius 2 is 1.06 bits per heavy atom. The van der Waals surface area contributed by atoms with Crippen LogP contribution in [0.25, 0.3) is 0 Å². The maximum absolute atomic E-state index is 12.9. The molecule has 0 aliphatic rings. The van der Waals surface area contributed by atoms with Gasteiger partial charge in [0.05, 0.1) is 18.9 Å². The molecule has 0 heterocycles. The van der Waals surface area contributed by atoms with E-state index in [0.29, 0.717) is 38.8 Å². The Morgan fingerprint density at radius 1 is 0.629 bits per heavy atom. The zero-order chi connectivity index (χ0) is 27.0. The largest absolute Gasteiger partial charge is 0.480 e. The average Bonchev–Trinajstić information content (AvgIpc) is 2.76. The molecular weight excluding hydrogens is 464 g/mol. The number of nitrogens with one attached hydrogen (secondary N) is 3. The minimum absolute atomic E-state index is 0.0883. The smallest absolute Gasteiger partial charge is 0.326 e. The molecule has 0 aromatic carbocycles. The van der Waals surface area contributed by atoms with Crippen molar-refractivity contribution >= 4 is 35.5 Å². The van der Waals surface area contributed by atoms with E-state index < -0.39 is 72.5 Å². The van der Waals surface area contributed by atoms with Gasteiger partial charge >= 0.3 is 5.97 Å². The van der Waals surface area contributed by atoms with Gasteiger partial charge in [0.15, 0.2) is 0 Å². The van der Waals surface area contributed by atoms with Crippen LogP contribution in [0.2, 0.25) is 0 Å². The normalized spacial score (nSPS) is 14.1. The third kappa shape index (κ3) is 13.9. The van der Waals surface area contributed by atoms with Crippen LogP contribution < -0.4 is 44.6 Å². The van der Waals surface area contributed by atoms with Crippen LogP contribution in [0.1, 0.15) is 51.4 Å². The number of amides is 5. The molecular formula is C20H38N8O7. The number of carboxylic acid groups (broad SMARTS) is 1. The van der Waals surface area contributed by atoms with Crippen LogP contribution in [-0.4, -0.2) is 77.9 Å².